The maximum atomic E-state index is 13.2. The Balaban J connectivity index is 2.54. The highest BCUT2D eigenvalue weighted by Crippen LogP contribution is 2.32. The van der Waals surface area contributed by atoms with Crippen molar-refractivity contribution in [2.24, 2.45) is 4.99 Å². The van der Waals surface area contributed by atoms with E-state index in [0.717, 1.165) is 11.1 Å². The molecule has 0 amide bonds. The highest BCUT2D eigenvalue weighted by atomic mass is 19.4. The van der Waals surface area contributed by atoms with Crippen LogP contribution in [0.1, 0.15) is 24.5 Å². The Morgan fingerprint density at radius 1 is 1.30 bits per heavy atom. The summed E-state index contributed by atoms with van der Waals surface area (Å²) in [6, 6.07) is 5.45. The van der Waals surface area contributed by atoms with Crippen LogP contribution in [0.5, 0.6) is 0 Å². The molecule has 1 aliphatic carbocycles. The standard InChI is InChI=1S/C16H16F3N/c1-3-12-10-6-7-11(2)14(12)20-15(16(17,18)19)13-8-4-5-9-13/h4-8,10H,3,9H2,1-2H3. The number of hydrogen-bond acceptors (Lipinski definition) is 1. The lowest BCUT2D eigenvalue weighted by atomic mass is 10.0. The van der Waals surface area contributed by atoms with Crippen LogP contribution in [-0.4, -0.2) is 11.9 Å². The normalized spacial score (nSPS) is 15.7. The van der Waals surface area contributed by atoms with Crippen molar-refractivity contribution in [3.05, 3.63) is 53.1 Å². The number of rotatable bonds is 3. The number of nitrogens with zero attached hydrogens (tertiary/aromatic N) is 1. The van der Waals surface area contributed by atoms with Gasteiger partial charge in [0.2, 0.25) is 0 Å². The molecule has 0 unspecified atom stereocenters. The van der Waals surface area contributed by atoms with Crippen molar-refractivity contribution in [3.8, 4) is 0 Å². The Bertz CT molecular complexity index is 592. The fourth-order valence-corrected chi connectivity index (χ4v) is 2.22. The molecule has 0 atom stereocenters. The fraction of sp³-hybridized carbons (Fsp3) is 0.312. The minimum atomic E-state index is -4.44. The van der Waals surface area contributed by atoms with Crippen LogP contribution in [0.3, 0.4) is 0 Å². The zero-order valence-electron chi connectivity index (χ0n) is 11.5. The summed E-state index contributed by atoms with van der Waals surface area (Å²) in [7, 11) is 0. The molecule has 1 aliphatic rings. The molecule has 0 aromatic heterocycles. The van der Waals surface area contributed by atoms with Gasteiger partial charge in [0.15, 0.2) is 0 Å². The van der Waals surface area contributed by atoms with Gasteiger partial charge in [0.1, 0.15) is 5.71 Å². The summed E-state index contributed by atoms with van der Waals surface area (Å²) in [6.07, 6.45) is 1.32. The first kappa shape index (κ1) is 14.6. The molecule has 0 heterocycles. The maximum absolute atomic E-state index is 13.2. The van der Waals surface area contributed by atoms with Gasteiger partial charge < -0.3 is 0 Å². The zero-order valence-corrected chi connectivity index (χ0v) is 11.5. The first-order valence-corrected chi connectivity index (χ1v) is 6.54. The number of aryl methyl sites for hydroxylation is 2. The lowest BCUT2D eigenvalue weighted by Gasteiger charge is -2.14. The van der Waals surface area contributed by atoms with E-state index in [4.69, 9.17) is 0 Å². The first-order chi connectivity index (χ1) is 9.43. The van der Waals surface area contributed by atoms with Gasteiger partial charge in [0.25, 0.3) is 0 Å². The summed E-state index contributed by atoms with van der Waals surface area (Å²) in [6.45, 7) is 3.70. The zero-order chi connectivity index (χ0) is 14.8. The van der Waals surface area contributed by atoms with E-state index >= 15 is 0 Å². The second-order valence-electron chi connectivity index (χ2n) is 4.72. The van der Waals surface area contributed by atoms with E-state index in [9.17, 15) is 13.2 Å². The lowest BCUT2D eigenvalue weighted by Crippen LogP contribution is -2.24. The SMILES string of the molecule is CCc1cccc(C)c1N=C(C1=CC=CC1)C(F)(F)F. The summed E-state index contributed by atoms with van der Waals surface area (Å²) in [5.74, 6) is 0. The van der Waals surface area contributed by atoms with E-state index < -0.39 is 11.9 Å². The molecule has 0 saturated carbocycles. The molecule has 0 saturated heterocycles. The van der Waals surface area contributed by atoms with Gasteiger partial charge in [-0.2, -0.15) is 13.2 Å². The minimum absolute atomic E-state index is 0.225. The fourth-order valence-electron chi connectivity index (χ4n) is 2.22. The number of para-hydroxylation sites is 1. The Morgan fingerprint density at radius 3 is 2.60 bits per heavy atom. The molecule has 106 valence electrons. The number of aliphatic imine (C=N–C) groups is 1. The van der Waals surface area contributed by atoms with Crippen LogP contribution in [0.15, 0.2) is 47.0 Å². The smallest absolute Gasteiger partial charge is 0.243 e. The Hall–Kier alpha value is -1.84. The Kier molecular flexibility index (Phi) is 4.12. The third-order valence-electron chi connectivity index (χ3n) is 3.27. The minimum Gasteiger partial charge on any atom is -0.243 e. The highest BCUT2D eigenvalue weighted by Gasteiger charge is 2.38. The molecule has 20 heavy (non-hydrogen) atoms. The van der Waals surface area contributed by atoms with Crippen LogP contribution in [0.2, 0.25) is 0 Å². The molecule has 0 fully saturated rings. The second kappa shape index (κ2) is 5.65. The number of allylic oxidation sites excluding steroid dienone is 4. The van der Waals surface area contributed by atoms with E-state index in [1.54, 1.807) is 25.1 Å². The first-order valence-electron chi connectivity index (χ1n) is 6.54. The summed E-state index contributed by atoms with van der Waals surface area (Å²) >= 11 is 0. The van der Waals surface area contributed by atoms with E-state index in [1.807, 2.05) is 19.1 Å². The number of hydrogen-bond donors (Lipinski definition) is 0. The van der Waals surface area contributed by atoms with Crippen molar-refractivity contribution < 1.29 is 13.2 Å². The van der Waals surface area contributed by atoms with Crippen molar-refractivity contribution in [1.29, 1.82) is 0 Å². The van der Waals surface area contributed by atoms with Gasteiger partial charge >= 0.3 is 6.18 Å². The van der Waals surface area contributed by atoms with E-state index in [0.29, 0.717) is 12.1 Å². The van der Waals surface area contributed by atoms with Crippen molar-refractivity contribution in [1.82, 2.24) is 0 Å². The van der Waals surface area contributed by atoms with E-state index in [2.05, 4.69) is 4.99 Å². The maximum Gasteiger partial charge on any atom is 0.433 e. The summed E-state index contributed by atoms with van der Waals surface area (Å²) in [5.41, 5.74) is 1.47. The molecular weight excluding hydrogens is 263 g/mol. The Morgan fingerprint density at radius 2 is 2.05 bits per heavy atom. The van der Waals surface area contributed by atoms with E-state index in [-0.39, 0.29) is 12.0 Å². The molecule has 4 heteroatoms. The third kappa shape index (κ3) is 3.00. The second-order valence-corrected chi connectivity index (χ2v) is 4.72. The molecule has 1 aromatic rings. The van der Waals surface area contributed by atoms with Crippen molar-refractivity contribution in [3.63, 3.8) is 0 Å². The van der Waals surface area contributed by atoms with Crippen LogP contribution < -0.4 is 0 Å². The molecule has 0 N–H and O–H groups in total. The van der Waals surface area contributed by atoms with Crippen molar-refractivity contribution in [2.75, 3.05) is 0 Å². The number of halogens is 3. The van der Waals surface area contributed by atoms with Crippen LogP contribution in [-0.2, 0) is 6.42 Å². The van der Waals surface area contributed by atoms with E-state index in [1.165, 1.54) is 6.08 Å². The van der Waals surface area contributed by atoms with Gasteiger partial charge in [-0.3, -0.25) is 0 Å². The third-order valence-corrected chi connectivity index (χ3v) is 3.27. The molecule has 0 bridgehead atoms. The van der Waals surface area contributed by atoms with Crippen LogP contribution >= 0.6 is 0 Å². The van der Waals surface area contributed by atoms with Gasteiger partial charge in [-0.1, -0.05) is 43.4 Å². The monoisotopic (exact) mass is 279 g/mol. The van der Waals surface area contributed by atoms with Gasteiger partial charge in [-0.25, -0.2) is 4.99 Å². The van der Waals surface area contributed by atoms with Crippen molar-refractivity contribution in [2.45, 2.75) is 32.9 Å². The molecule has 2 rings (SSSR count). The molecule has 0 radical (unpaired) electrons. The quantitative estimate of drug-likeness (QED) is 0.684. The average molecular weight is 279 g/mol. The predicted octanol–water partition coefficient (Wildman–Crippen LogP) is 5.08. The van der Waals surface area contributed by atoms with Crippen LogP contribution in [0.4, 0.5) is 18.9 Å². The summed E-state index contributed by atoms with van der Waals surface area (Å²) in [5, 5.41) is 0. The highest BCUT2D eigenvalue weighted by molar-refractivity contribution is 6.06. The number of alkyl halides is 3. The van der Waals surface area contributed by atoms with Gasteiger partial charge in [0, 0.05) is 0 Å². The van der Waals surface area contributed by atoms with Crippen LogP contribution in [0, 0.1) is 6.92 Å². The van der Waals surface area contributed by atoms with Crippen LogP contribution in [0.25, 0.3) is 0 Å². The topological polar surface area (TPSA) is 12.4 Å². The molecule has 1 aromatic carbocycles. The molecule has 0 aliphatic heterocycles. The summed E-state index contributed by atoms with van der Waals surface area (Å²) < 4.78 is 39.7. The number of benzene rings is 1. The van der Waals surface area contributed by atoms with Gasteiger partial charge in [-0.05, 0) is 36.5 Å². The largest absolute Gasteiger partial charge is 0.433 e. The van der Waals surface area contributed by atoms with Crippen molar-refractivity contribution >= 4 is 11.4 Å². The molecular formula is C16H16F3N. The molecule has 1 nitrogen and oxygen atoms in total. The lowest BCUT2D eigenvalue weighted by molar-refractivity contribution is -0.0582. The van der Waals surface area contributed by atoms with Gasteiger partial charge in [-0.15, -0.1) is 0 Å². The summed E-state index contributed by atoms with van der Waals surface area (Å²) in [4.78, 5) is 3.97. The van der Waals surface area contributed by atoms with Gasteiger partial charge in [0.05, 0.1) is 5.69 Å². The molecule has 0 spiro atoms. The average Bonchev–Trinajstić information content (AvgIpc) is 2.89. The Labute approximate surface area is 116 Å². The predicted molar refractivity (Wildman–Crippen MR) is 75.5 cm³/mol.